The van der Waals surface area contributed by atoms with Gasteiger partial charge in [0, 0.05) is 36.1 Å². The molecule has 0 aliphatic carbocycles. The summed E-state index contributed by atoms with van der Waals surface area (Å²) < 4.78 is 5.60. The number of hydrogen-bond acceptors (Lipinski definition) is 4. The molecule has 0 aliphatic heterocycles. The summed E-state index contributed by atoms with van der Waals surface area (Å²) in [6.07, 6.45) is 0. The van der Waals surface area contributed by atoms with Crippen molar-refractivity contribution in [3.63, 3.8) is 0 Å². The Morgan fingerprint density at radius 2 is 1.72 bits per heavy atom. The smallest absolute Gasteiger partial charge is 0.253 e. The summed E-state index contributed by atoms with van der Waals surface area (Å²) in [6.45, 7) is 11.5. The topological polar surface area (TPSA) is 70.7 Å². The van der Waals surface area contributed by atoms with Crippen molar-refractivity contribution in [3.05, 3.63) is 66.2 Å². The average Bonchev–Trinajstić information content (AvgIpc) is 2.72. The number of carbonyl (C=O) groups excluding carboxylic acids is 2. The molecule has 0 spiro atoms. The number of nitrogens with one attached hydrogen (secondary N) is 2. The molecular weight excluding hydrogens is 366 g/mol. The van der Waals surface area contributed by atoms with Gasteiger partial charge in [0.25, 0.3) is 5.91 Å². The van der Waals surface area contributed by atoms with Crippen LogP contribution in [0.5, 0.6) is 5.75 Å². The lowest BCUT2D eigenvalue weighted by Crippen LogP contribution is -2.30. The van der Waals surface area contributed by atoms with Gasteiger partial charge in [-0.15, -0.1) is 0 Å². The summed E-state index contributed by atoms with van der Waals surface area (Å²) >= 11 is 0. The molecule has 0 bridgehead atoms. The van der Waals surface area contributed by atoms with Crippen molar-refractivity contribution in [1.82, 2.24) is 4.90 Å². The van der Waals surface area contributed by atoms with Crippen LogP contribution in [0.15, 0.2) is 60.7 Å². The highest BCUT2D eigenvalue weighted by atomic mass is 16.5. The number of ether oxygens (including phenoxy) is 1. The van der Waals surface area contributed by atoms with Gasteiger partial charge in [-0.1, -0.05) is 12.6 Å². The number of hydrogen-bond donors (Lipinski definition) is 2. The van der Waals surface area contributed by atoms with Crippen LogP contribution in [-0.2, 0) is 4.79 Å². The second-order valence-corrected chi connectivity index (χ2v) is 6.73. The molecule has 29 heavy (non-hydrogen) atoms. The van der Waals surface area contributed by atoms with E-state index in [2.05, 4.69) is 17.2 Å². The van der Waals surface area contributed by atoms with Gasteiger partial charge in [-0.25, -0.2) is 0 Å². The van der Waals surface area contributed by atoms with Gasteiger partial charge in [-0.3, -0.25) is 9.59 Å². The molecule has 0 aromatic heterocycles. The molecule has 0 fully saturated rings. The molecule has 6 heteroatoms. The van der Waals surface area contributed by atoms with Gasteiger partial charge in [0.2, 0.25) is 5.91 Å². The minimum atomic E-state index is -0.180. The highest BCUT2D eigenvalue weighted by Crippen LogP contribution is 2.18. The average molecular weight is 396 g/mol. The zero-order valence-electron chi connectivity index (χ0n) is 17.3. The van der Waals surface area contributed by atoms with Gasteiger partial charge in [0.15, 0.2) is 0 Å². The number of rotatable bonds is 10. The summed E-state index contributed by atoms with van der Waals surface area (Å²) in [6, 6.07) is 14.4. The van der Waals surface area contributed by atoms with Crippen LogP contribution in [0.1, 0.15) is 31.1 Å². The van der Waals surface area contributed by atoms with Crippen LogP contribution in [0.2, 0.25) is 0 Å². The maximum absolute atomic E-state index is 12.3. The third-order valence-electron chi connectivity index (χ3n) is 4.24. The van der Waals surface area contributed by atoms with E-state index < -0.39 is 0 Å². The van der Waals surface area contributed by atoms with Crippen LogP contribution < -0.4 is 15.4 Å². The second-order valence-electron chi connectivity index (χ2n) is 6.73. The van der Waals surface area contributed by atoms with Gasteiger partial charge in [0.1, 0.15) is 12.4 Å². The molecule has 2 amide bonds. The van der Waals surface area contributed by atoms with Crippen molar-refractivity contribution in [2.75, 3.05) is 36.9 Å². The lowest BCUT2D eigenvalue weighted by atomic mass is 10.1. The van der Waals surface area contributed by atoms with Crippen LogP contribution in [-0.4, -0.2) is 43.0 Å². The maximum Gasteiger partial charge on any atom is 0.253 e. The molecule has 2 aromatic rings. The fraction of sp³-hybridized carbons (Fsp3) is 0.304. The number of benzene rings is 2. The first-order valence-electron chi connectivity index (χ1n) is 9.73. The van der Waals surface area contributed by atoms with Crippen molar-refractivity contribution < 1.29 is 14.3 Å². The molecule has 0 saturated carbocycles. The predicted molar refractivity (Wildman–Crippen MR) is 118 cm³/mol. The Bertz CT molecular complexity index is 843. The largest absolute Gasteiger partial charge is 0.489 e. The summed E-state index contributed by atoms with van der Waals surface area (Å²) in [5.41, 5.74) is 2.98. The molecule has 0 saturated heterocycles. The summed E-state index contributed by atoms with van der Waals surface area (Å²) in [4.78, 5) is 26.3. The molecule has 2 aromatic carbocycles. The van der Waals surface area contributed by atoms with E-state index in [4.69, 9.17) is 4.74 Å². The number of amides is 2. The van der Waals surface area contributed by atoms with Gasteiger partial charge in [0.05, 0.1) is 6.54 Å². The minimum absolute atomic E-state index is 0.0108. The van der Waals surface area contributed by atoms with Crippen molar-refractivity contribution in [3.8, 4) is 5.75 Å². The predicted octanol–water partition coefficient (Wildman–Crippen LogP) is 4.17. The summed E-state index contributed by atoms with van der Waals surface area (Å²) in [5, 5.41) is 5.90. The molecule has 0 aliphatic rings. The number of nitrogens with zero attached hydrogens (tertiary/aromatic N) is 1. The van der Waals surface area contributed by atoms with Crippen LogP contribution in [0.3, 0.4) is 0 Å². The standard InChI is InChI=1S/C23H29N3O3/c1-5-26(6-2)23(28)18-10-12-19(13-11-18)25-22(27)15-24-20-8-7-9-21(14-20)29-16-17(3)4/h7-14,24H,3,5-6,15-16H2,1-2,4H3,(H,25,27). The third-order valence-corrected chi connectivity index (χ3v) is 4.24. The minimum Gasteiger partial charge on any atom is -0.489 e. The third kappa shape index (κ3) is 6.99. The summed E-state index contributed by atoms with van der Waals surface area (Å²) in [7, 11) is 0. The molecule has 0 atom stereocenters. The lowest BCUT2D eigenvalue weighted by Gasteiger charge is -2.18. The Kier molecular flexibility index (Phi) is 8.27. The first-order chi connectivity index (χ1) is 13.9. The van der Waals surface area contributed by atoms with E-state index in [0.29, 0.717) is 36.7 Å². The van der Waals surface area contributed by atoms with Crippen LogP contribution in [0.25, 0.3) is 0 Å². The summed E-state index contributed by atoms with van der Waals surface area (Å²) in [5.74, 6) is 0.524. The maximum atomic E-state index is 12.3. The number of carbonyl (C=O) groups is 2. The molecular formula is C23H29N3O3. The molecule has 0 heterocycles. The van der Waals surface area contributed by atoms with Crippen molar-refractivity contribution in [2.45, 2.75) is 20.8 Å². The number of anilines is 2. The second kappa shape index (κ2) is 10.9. The van der Waals surface area contributed by atoms with Gasteiger partial charge < -0.3 is 20.3 Å². The highest BCUT2D eigenvalue weighted by Gasteiger charge is 2.12. The Morgan fingerprint density at radius 1 is 1.03 bits per heavy atom. The molecule has 2 N–H and O–H groups in total. The van der Waals surface area contributed by atoms with Crippen molar-refractivity contribution in [1.29, 1.82) is 0 Å². The molecule has 6 nitrogen and oxygen atoms in total. The monoisotopic (exact) mass is 395 g/mol. The van der Waals surface area contributed by atoms with Crippen molar-refractivity contribution in [2.24, 2.45) is 0 Å². The Labute approximate surface area is 172 Å². The van der Waals surface area contributed by atoms with E-state index in [0.717, 1.165) is 11.3 Å². The van der Waals surface area contributed by atoms with Crippen LogP contribution in [0.4, 0.5) is 11.4 Å². The fourth-order valence-corrected chi connectivity index (χ4v) is 2.68. The molecule has 0 unspecified atom stereocenters. The SMILES string of the molecule is C=C(C)COc1cccc(NCC(=O)Nc2ccc(C(=O)N(CC)CC)cc2)c1. The Hall–Kier alpha value is -3.28. The van der Waals surface area contributed by atoms with E-state index in [9.17, 15) is 9.59 Å². The van der Waals surface area contributed by atoms with Gasteiger partial charge in [-0.2, -0.15) is 0 Å². The van der Waals surface area contributed by atoms with E-state index >= 15 is 0 Å². The van der Waals surface area contributed by atoms with Crippen molar-refractivity contribution >= 4 is 23.2 Å². The van der Waals surface area contributed by atoms with Crippen LogP contribution in [0, 0.1) is 0 Å². The van der Waals surface area contributed by atoms with Gasteiger partial charge >= 0.3 is 0 Å². The van der Waals surface area contributed by atoms with E-state index in [1.54, 1.807) is 29.2 Å². The molecule has 2 rings (SSSR count). The van der Waals surface area contributed by atoms with Gasteiger partial charge in [-0.05, 0) is 62.7 Å². The molecule has 0 radical (unpaired) electrons. The van der Waals surface area contributed by atoms with E-state index in [-0.39, 0.29) is 18.4 Å². The van der Waals surface area contributed by atoms with E-state index in [1.807, 2.05) is 45.0 Å². The normalized spacial score (nSPS) is 10.2. The fourth-order valence-electron chi connectivity index (χ4n) is 2.68. The lowest BCUT2D eigenvalue weighted by molar-refractivity contribution is -0.114. The Morgan fingerprint density at radius 3 is 2.34 bits per heavy atom. The van der Waals surface area contributed by atoms with E-state index in [1.165, 1.54) is 0 Å². The zero-order chi connectivity index (χ0) is 21.2. The molecule has 154 valence electrons. The first-order valence-corrected chi connectivity index (χ1v) is 9.73. The quantitative estimate of drug-likeness (QED) is 0.592. The zero-order valence-corrected chi connectivity index (χ0v) is 17.3. The first kappa shape index (κ1) is 22.0. The van der Waals surface area contributed by atoms with Crippen LogP contribution >= 0.6 is 0 Å². The highest BCUT2D eigenvalue weighted by molar-refractivity contribution is 5.96. The Balaban J connectivity index is 1.87.